The summed E-state index contributed by atoms with van der Waals surface area (Å²) >= 11 is 0. The van der Waals surface area contributed by atoms with Crippen LogP contribution in [0.25, 0.3) is 0 Å². The van der Waals surface area contributed by atoms with E-state index in [1.54, 1.807) is 6.20 Å². The molecule has 1 aromatic heterocycles. The van der Waals surface area contributed by atoms with E-state index in [0.29, 0.717) is 11.5 Å². The van der Waals surface area contributed by atoms with Crippen molar-refractivity contribution in [2.24, 2.45) is 5.92 Å². The summed E-state index contributed by atoms with van der Waals surface area (Å²) in [5.74, 6) is 2.38. The molecule has 1 aliphatic heterocycles. The molecule has 1 aliphatic rings. The van der Waals surface area contributed by atoms with Crippen molar-refractivity contribution in [1.82, 2.24) is 4.98 Å². The highest BCUT2D eigenvalue weighted by Gasteiger charge is 2.21. The van der Waals surface area contributed by atoms with Crippen LogP contribution in [0.2, 0.25) is 0 Å². The normalized spacial score (nSPS) is 17.8. The SMILES string of the molecule is N#Cc1ccc(N2CCCC(COc3ccccc3)C2)nc1. The van der Waals surface area contributed by atoms with Crippen LogP contribution in [0.4, 0.5) is 5.82 Å². The van der Waals surface area contributed by atoms with E-state index < -0.39 is 0 Å². The Balaban J connectivity index is 1.58. The van der Waals surface area contributed by atoms with Crippen molar-refractivity contribution in [3.05, 3.63) is 54.2 Å². The van der Waals surface area contributed by atoms with Crippen LogP contribution >= 0.6 is 0 Å². The van der Waals surface area contributed by atoms with E-state index in [2.05, 4.69) is 16.0 Å². The highest BCUT2D eigenvalue weighted by Crippen LogP contribution is 2.22. The highest BCUT2D eigenvalue weighted by atomic mass is 16.5. The van der Waals surface area contributed by atoms with Crippen molar-refractivity contribution in [3.8, 4) is 11.8 Å². The van der Waals surface area contributed by atoms with Crippen LogP contribution < -0.4 is 9.64 Å². The topological polar surface area (TPSA) is 49.2 Å². The molecule has 2 heterocycles. The molecule has 0 radical (unpaired) electrons. The Morgan fingerprint density at radius 2 is 2.09 bits per heavy atom. The zero-order valence-electron chi connectivity index (χ0n) is 12.5. The van der Waals surface area contributed by atoms with E-state index in [9.17, 15) is 0 Å². The molecule has 3 rings (SSSR count). The van der Waals surface area contributed by atoms with Crippen LogP contribution in [-0.2, 0) is 0 Å². The average Bonchev–Trinajstić information content (AvgIpc) is 2.61. The van der Waals surface area contributed by atoms with Crippen LogP contribution in [0.5, 0.6) is 5.75 Å². The van der Waals surface area contributed by atoms with Gasteiger partial charge in [0, 0.05) is 25.2 Å². The Kier molecular flexibility index (Phi) is 4.55. The summed E-state index contributed by atoms with van der Waals surface area (Å²) in [6.07, 6.45) is 3.96. The summed E-state index contributed by atoms with van der Waals surface area (Å²) in [5, 5.41) is 8.84. The van der Waals surface area contributed by atoms with Crippen LogP contribution in [0.1, 0.15) is 18.4 Å². The first kappa shape index (κ1) is 14.4. The van der Waals surface area contributed by atoms with Gasteiger partial charge < -0.3 is 9.64 Å². The molecule has 0 saturated carbocycles. The maximum Gasteiger partial charge on any atom is 0.128 e. The third-order valence-corrected chi connectivity index (χ3v) is 3.95. The molecular weight excluding hydrogens is 274 g/mol. The number of rotatable bonds is 4. The second-order valence-electron chi connectivity index (χ2n) is 5.60. The number of benzene rings is 1. The molecule has 2 aromatic rings. The lowest BCUT2D eigenvalue weighted by Gasteiger charge is -2.33. The third kappa shape index (κ3) is 3.56. The molecule has 0 spiro atoms. The Labute approximate surface area is 131 Å². The number of aromatic nitrogens is 1. The summed E-state index contributed by atoms with van der Waals surface area (Å²) in [5.41, 5.74) is 0.602. The van der Waals surface area contributed by atoms with Gasteiger partial charge in [0.2, 0.25) is 0 Å². The fourth-order valence-electron chi connectivity index (χ4n) is 2.78. The number of piperidine rings is 1. The summed E-state index contributed by atoms with van der Waals surface area (Å²) in [7, 11) is 0. The van der Waals surface area contributed by atoms with Gasteiger partial charge in [-0.2, -0.15) is 5.26 Å². The van der Waals surface area contributed by atoms with E-state index in [1.165, 1.54) is 6.42 Å². The van der Waals surface area contributed by atoms with Crippen LogP contribution in [-0.4, -0.2) is 24.7 Å². The molecule has 4 nitrogen and oxygen atoms in total. The highest BCUT2D eigenvalue weighted by molar-refractivity contribution is 5.42. The first-order valence-corrected chi connectivity index (χ1v) is 7.64. The third-order valence-electron chi connectivity index (χ3n) is 3.95. The zero-order valence-corrected chi connectivity index (χ0v) is 12.5. The molecule has 1 atom stereocenters. The number of anilines is 1. The summed E-state index contributed by atoms with van der Waals surface area (Å²) in [4.78, 5) is 6.67. The molecule has 1 aromatic carbocycles. The van der Waals surface area contributed by atoms with Gasteiger partial charge in [0.15, 0.2) is 0 Å². The van der Waals surface area contributed by atoms with Gasteiger partial charge in [0.25, 0.3) is 0 Å². The van der Waals surface area contributed by atoms with Gasteiger partial charge in [0.05, 0.1) is 12.2 Å². The molecular formula is C18H19N3O. The lowest BCUT2D eigenvalue weighted by molar-refractivity contribution is 0.228. The van der Waals surface area contributed by atoms with Gasteiger partial charge in [-0.05, 0) is 37.1 Å². The van der Waals surface area contributed by atoms with Crippen molar-refractivity contribution >= 4 is 5.82 Å². The molecule has 0 aliphatic carbocycles. The van der Waals surface area contributed by atoms with Crippen LogP contribution in [0, 0.1) is 17.2 Å². The largest absolute Gasteiger partial charge is 0.493 e. The van der Waals surface area contributed by atoms with E-state index in [-0.39, 0.29) is 0 Å². The fourth-order valence-corrected chi connectivity index (χ4v) is 2.78. The van der Waals surface area contributed by atoms with Gasteiger partial charge in [0.1, 0.15) is 17.6 Å². The summed E-state index contributed by atoms with van der Waals surface area (Å²) in [6, 6.07) is 15.8. The predicted octanol–water partition coefficient (Wildman–Crippen LogP) is 3.25. The fraction of sp³-hybridized carbons (Fsp3) is 0.333. The Morgan fingerprint density at radius 1 is 1.23 bits per heavy atom. The Hall–Kier alpha value is -2.54. The molecule has 112 valence electrons. The number of hydrogen-bond donors (Lipinski definition) is 0. The molecule has 1 saturated heterocycles. The van der Waals surface area contributed by atoms with Crippen molar-refractivity contribution in [3.63, 3.8) is 0 Å². The van der Waals surface area contributed by atoms with Gasteiger partial charge in [-0.1, -0.05) is 18.2 Å². The number of nitrogens with zero attached hydrogens (tertiary/aromatic N) is 3. The zero-order chi connectivity index (χ0) is 15.2. The standard InChI is InChI=1S/C18H19N3O/c19-11-15-8-9-18(20-12-15)21-10-4-5-16(13-21)14-22-17-6-2-1-3-7-17/h1-3,6-9,12,16H,4-5,10,13-14H2. The maximum atomic E-state index is 8.84. The molecule has 4 heteroatoms. The number of nitriles is 1. The predicted molar refractivity (Wildman–Crippen MR) is 85.8 cm³/mol. The maximum absolute atomic E-state index is 8.84. The molecule has 0 amide bonds. The molecule has 1 fully saturated rings. The molecule has 22 heavy (non-hydrogen) atoms. The molecule has 0 bridgehead atoms. The lowest BCUT2D eigenvalue weighted by atomic mass is 9.99. The number of ether oxygens (including phenoxy) is 1. The van der Waals surface area contributed by atoms with Crippen LogP contribution in [0.3, 0.4) is 0 Å². The summed E-state index contributed by atoms with van der Waals surface area (Å²) in [6.45, 7) is 2.70. The van der Waals surface area contributed by atoms with Gasteiger partial charge in [-0.15, -0.1) is 0 Å². The van der Waals surface area contributed by atoms with Gasteiger partial charge in [-0.3, -0.25) is 0 Å². The quantitative estimate of drug-likeness (QED) is 0.868. The van der Waals surface area contributed by atoms with Crippen molar-refractivity contribution in [2.75, 3.05) is 24.6 Å². The van der Waals surface area contributed by atoms with Crippen molar-refractivity contribution < 1.29 is 4.74 Å². The van der Waals surface area contributed by atoms with Gasteiger partial charge in [-0.25, -0.2) is 4.98 Å². The smallest absolute Gasteiger partial charge is 0.128 e. The summed E-state index contributed by atoms with van der Waals surface area (Å²) < 4.78 is 5.88. The van der Waals surface area contributed by atoms with Crippen LogP contribution in [0.15, 0.2) is 48.7 Å². The molecule has 1 unspecified atom stereocenters. The lowest BCUT2D eigenvalue weighted by Crippen LogP contribution is -2.38. The van der Waals surface area contributed by atoms with Crippen molar-refractivity contribution in [1.29, 1.82) is 5.26 Å². The second-order valence-corrected chi connectivity index (χ2v) is 5.60. The van der Waals surface area contributed by atoms with Crippen molar-refractivity contribution in [2.45, 2.75) is 12.8 Å². The minimum atomic E-state index is 0.506. The number of para-hydroxylation sites is 1. The second kappa shape index (κ2) is 6.95. The number of pyridine rings is 1. The van der Waals surface area contributed by atoms with E-state index in [0.717, 1.165) is 37.7 Å². The minimum absolute atomic E-state index is 0.506. The average molecular weight is 293 g/mol. The Morgan fingerprint density at radius 3 is 2.82 bits per heavy atom. The first-order valence-electron chi connectivity index (χ1n) is 7.64. The minimum Gasteiger partial charge on any atom is -0.493 e. The monoisotopic (exact) mass is 293 g/mol. The van der Waals surface area contributed by atoms with E-state index >= 15 is 0 Å². The Bertz CT molecular complexity index is 634. The first-order chi connectivity index (χ1) is 10.8. The van der Waals surface area contributed by atoms with E-state index in [1.807, 2.05) is 42.5 Å². The van der Waals surface area contributed by atoms with Gasteiger partial charge >= 0.3 is 0 Å². The number of hydrogen-bond acceptors (Lipinski definition) is 4. The molecule has 0 N–H and O–H groups in total. The van der Waals surface area contributed by atoms with E-state index in [4.69, 9.17) is 10.00 Å².